The number of carbonyl (C=O) groups is 1. The largest absolute Gasteiger partial charge is 0.466 e. The van der Waals surface area contributed by atoms with Crippen LogP contribution in [0.5, 0.6) is 0 Å². The molecule has 0 aromatic rings. The molecule has 1 heterocycles. The van der Waals surface area contributed by atoms with E-state index in [0.717, 1.165) is 44.7 Å². The average Bonchev–Trinajstić information content (AvgIpc) is 3.21. The van der Waals surface area contributed by atoms with Crippen LogP contribution in [0, 0.1) is 5.41 Å². The minimum absolute atomic E-state index is 0. The third-order valence-electron chi connectivity index (χ3n) is 5.51. The predicted octanol–water partition coefficient (Wildman–Crippen LogP) is 3.96. The fourth-order valence-electron chi connectivity index (χ4n) is 4.16. The molecule has 1 saturated carbocycles. The second kappa shape index (κ2) is 12.0. The Morgan fingerprint density at radius 2 is 1.88 bits per heavy atom. The molecule has 1 saturated heterocycles. The molecule has 1 aliphatic heterocycles. The number of hydrogen-bond acceptors (Lipinski definition) is 3. The molecule has 25 heavy (non-hydrogen) atoms. The van der Waals surface area contributed by atoms with Crippen LogP contribution in [-0.4, -0.2) is 50.1 Å². The number of guanidine groups is 1. The summed E-state index contributed by atoms with van der Waals surface area (Å²) in [5, 5.41) is 3.52. The zero-order valence-corrected chi connectivity index (χ0v) is 18.3. The van der Waals surface area contributed by atoms with Gasteiger partial charge in [-0.2, -0.15) is 0 Å². The summed E-state index contributed by atoms with van der Waals surface area (Å²) in [6.07, 6.45) is 11.8. The molecule has 0 atom stereocenters. The lowest BCUT2D eigenvalue weighted by atomic mass is 9.86. The van der Waals surface area contributed by atoms with Crippen LogP contribution in [0.3, 0.4) is 0 Å². The normalized spacial score (nSPS) is 19.1. The second-order valence-corrected chi connectivity index (χ2v) is 7.32. The zero-order valence-electron chi connectivity index (χ0n) is 16.0. The maximum atomic E-state index is 11.3. The van der Waals surface area contributed by atoms with E-state index >= 15 is 0 Å². The molecule has 5 nitrogen and oxygen atoms in total. The number of nitrogens with zero attached hydrogens (tertiary/aromatic N) is 2. The fourth-order valence-corrected chi connectivity index (χ4v) is 4.16. The highest BCUT2D eigenvalue weighted by atomic mass is 127. The van der Waals surface area contributed by atoms with Gasteiger partial charge in [0.2, 0.25) is 0 Å². The van der Waals surface area contributed by atoms with Gasteiger partial charge in [0.1, 0.15) is 0 Å². The van der Waals surface area contributed by atoms with Gasteiger partial charge < -0.3 is 15.0 Å². The molecular formula is C19H36IN3O2. The number of halogens is 1. The van der Waals surface area contributed by atoms with E-state index in [9.17, 15) is 4.79 Å². The van der Waals surface area contributed by atoms with E-state index in [1.807, 2.05) is 14.0 Å². The van der Waals surface area contributed by atoms with Crippen LogP contribution in [0.15, 0.2) is 4.99 Å². The van der Waals surface area contributed by atoms with Crippen molar-refractivity contribution in [2.75, 3.05) is 33.3 Å². The minimum Gasteiger partial charge on any atom is -0.466 e. The van der Waals surface area contributed by atoms with E-state index < -0.39 is 0 Å². The van der Waals surface area contributed by atoms with Gasteiger partial charge in [0, 0.05) is 33.1 Å². The molecule has 0 radical (unpaired) electrons. The van der Waals surface area contributed by atoms with Gasteiger partial charge in [-0.25, -0.2) is 0 Å². The Balaban J connectivity index is 0.00000312. The molecule has 0 unspecified atom stereocenters. The van der Waals surface area contributed by atoms with Gasteiger partial charge in [-0.05, 0) is 44.4 Å². The maximum Gasteiger partial charge on any atom is 0.305 e. The molecule has 2 aliphatic rings. The number of rotatable bonds is 8. The van der Waals surface area contributed by atoms with Gasteiger partial charge in [-0.15, -0.1) is 24.0 Å². The third kappa shape index (κ3) is 7.31. The highest BCUT2D eigenvalue weighted by molar-refractivity contribution is 14.0. The number of hydrogen-bond donors (Lipinski definition) is 1. The molecule has 2 fully saturated rings. The van der Waals surface area contributed by atoms with E-state index in [4.69, 9.17) is 4.74 Å². The Morgan fingerprint density at radius 1 is 1.16 bits per heavy atom. The predicted molar refractivity (Wildman–Crippen MR) is 114 cm³/mol. The molecule has 0 aromatic heterocycles. The third-order valence-corrected chi connectivity index (χ3v) is 5.51. The molecule has 0 aromatic carbocycles. The van der Waals surface area contributed by atoms with Gasteiger partial charge in [-0.3, -0.25) is 9.79 Å². The lowest BCUT2D eigenvalue weighted by molar-refractivity contribution is -0.143. The van der Waals surface area contributed by atoms with Crippen molar-refractivity contribution in [1.82, 2.24) is 10.2 Å². The Hall–Kier alpha value is -0.530. The molecule has 1 aliphatic carbocycles. The minimum atomic E-state index is -0.0640. The first-order valence-corrected chi connectivity index (χ1v) is 9.80. The van der Waals surface area contributed by atoms with Gasteiger partial charge in [0.05, 0.1) is 6.61 Å². The van der Waals surface area contributed by atoms with Crippen molar-refractivity contribution < 1.29 is 9.53 Å². The number of unbranched alkanes of at least 4 members (excludes halogenated alkanes) is 3. The molecule has 146 valence electrons. The van der Waals surface area contributed by atoms with Crippen LogP contribution in [0.25, 0.3) is 0 Å². The quantitative estimate of drug-likeness (QED) is 0.194. The first kappa shape index (κ1) is 22.5. The van der Waals surface area contributed by atoms with Crippen LogP contribution in [0.1, 0.15) is 71.1 Å². The second-order valence-electron chi connectivity index (χ2n) is 7.32. The summed E-state index contributed by atoms with van der Waals surface area (Å²) >= 11 is 0. The summed E-state index contributed by atoms with van der Waals surface area (Å²) in [7, 11) is 1.89. The van der Waals surface area contributed by atoms with E-state index in [0.29, 0.717) is 18.4 Å². The zero-order chi connectivity index (χ0) is 17.3. The number of aliphatic imine (C=N–C) groups is 1. The van der Waals surface area contributed by atoms with Crippen LogP contribution in [-0.2, 0) is 9.53 Å². The van der Waals surface area contributed by atoms with Crippen molar-refractivity contribution in [2.45, 2.75) is 71.1 Å². The molecule has 2 rings (SSSR count). The van der Waals surface area contributed by atoms with Crippen LogP contribution in [0.4, 0.5) is 0 Å². The number of carbonyl (C=O) groups excluding carboxylic acids is 1. The number of esters is 1. The molecule has 0 amide bonds. The summed E-state index contributed by atoms with van der Waals surface area (Å²) < 4.78 is 4.94. The number of nitrogens with one attached hydrogen (secondary N) is 1. The van der Waals surface area contributed by atoms with Gasteiger partial charge in [-0.1, -0.05) is 25.7 Å². The molecule has 6 heteroatoms. The molecular weight excluding hydrogens is 429 g/mol. The van der Waals surface area contributed by atoms with Crippen molar-refractivity contribution in [3.05, 3.63) is 0 Å². The van der Waals surface area contributed by atoms with E-state index in [1.54, 1.807) is 0 Å². The molecule has 1 spiro atoms. The topological polar surface area (TPSA) is 53.9 Å². The fraction of sp³-hybridized carbons (Fsp3) is 0.895. The number of ether oxygens (including phenoxy) is 1. The van der Waals surface area contributed by atoms with Crippen molar-refractivity contribution in [3.63, 3.8) is 0 Å². The van der Waals surface area contributed by atoms with Gasteiger partial charge in [0.25, 0.3) is 0 Å². The smallest absolute Gasteiger partial charge is 0.305 e. The van der Waals surface area contributed by atoms with Crippen LogP contribution < -0.4 is 5.32 Å². The molecule has 0 bridgehead atoms. The standard InChI is InChI=1S/C19H35N3O2.HI/c1-3-24-17(23)10-6-4-5-9-14-21-18(20-2)22-15-13-19(16-22)11-7-8-12-19;/h3-16H2,1-2H3,(H,20,21);1H. The summed E-state index contributed by atoms with van der Waals surface area (Å²) in [5.41, 5.74) is 0.588. The summed E-state index contributed by atoms with van der Waals surface area (Å²) in [4.78, 5) is 18.2. The first-order chi connectivity index (χ1) is 11.7. The van der Waals surface area contributed by atoms with Gasteiger partial charge >= 0.3 is 5.97 Å². The van der Waals surface area contributed by atoms with Crippen molar-refractivity contribution >= 4 is 35.9 Å². The van der Waals surface area contributed by atoms with Crippen LogP contribution in [0.2, 0.25) is 0 Å². The first-order valence-electron chi connectivity index (χ1n) is 9.80. The van der Waals surface area contributed by atoms with Crippen molar-refractivity contribution in [3.8, 4) is 0 Å². The van der Waals surface area contributed by atoms with Crippen molar-refractivity contribution in [1.29, 1.82) is 0 Å². The van der Waals surface area contributed by atoms with E-state index in [2.05, 4.69) is 15.2 Å². The summed E-state index contributed by atoms with van der Waals surface area (Å²) in [5.74, 6) is 1.01. The van der Waals surface area contributed by atoms with Gasteiger partial charge in [0.15, 0.2) is 5.96 Å². The Kier molecular flexibility index (Phi) is 10.8. The lowest BCUT2D eigenvalue weighted by Crippen LogP contribution is -2.41. The lowest BCUT2D eigenvalue weighted by Gasteiger charge is -2.25. The highest BCUT2D eigenvalue weighted by Crippen LogP contribution is 2.45. The van der Waals surface area contributed by atoms with Crippen LogP contribution >= 0.6 is 24.0 Å². The van der Waals surface area contributed by atoms with E-state index in [1.165, 1.54) is 38.6 Å². The van der Waals surface area contributed by atoms with E-state index in [-0.39, 0.29) is 29.9 Å². The van der Waals surface area contributed by atoms with Crippen molar-refractivity contribution in [2.24, 2.45) is 10.4 Å². The highest BCUT2D eigenvalue weighted by Gasteiger charge is 2.40. The Bertz CT molecular complexity index is 423. The Morgan fingerprint density at radius 3 is 2.56 bits per heavy atom. The summed E-state index contributed by atoms with van der Waals surface area (Å²) in [6.45, 7) is 5.64. The SMILES string of the molecule is CCOC(=O)CCCCCCNC(=NC)N1CCC2(CCCC2)C1.I. The molecule has 1 N–H and O–H groups in total. The maximum absolute atomic E-state index is 11.3. The summed E-state index contributed by atoms with van der Waals surface area (Å²) in [6, 6.07) is 0. The monoisotopic (exact) mass is 465 g/mol. The number of likely N-dealkylation sites (tertiary alicyclic amines) is 1. The average molecular weight is 465 g/mol. The Labute approximate surface area is 170 Å².